The molecule has 0 amide bonds. The second kappa shape index (κ2) is 8.13. The summed E-state index contributed by atoms with van der Waals surface area (Å²) in [6, 6.07) is 23.1. The molecule has 0 saturated carbocycles. The number of terminal acetylenes is 2. The number of hydrogen-bond acceptors (Lipinski definition) is 0. The molecule has 0 aliphatic rings. The Kier molecular flexibility index (Phi) is 5.24. The van der Waals surface area contributed by atoms with Gasteiger partial charge >= 0.3 is 0 Å². The fraction of sp³-hybridized carbons (Fsp3) is 0. The number of hydrogen-bond donors (Lipinski definition) is 0. The second-order valence-corrected chi connectivity index (χ2v) is 5.46. The van der Waals surface area contributed by atoms with Crippen molar-refractivity contribution in [1.82, 2.24) is 0 Å². The van der Waals surface area contributed by atoms with Crippen molar-refractivity contribution in [1.29, 1.82) is 0 Å². The summed E-state index contributed by atoms with van der Waals surface area (Å²) < 4.78 is 0. The van der Waals surface area contributed by atoms with Crippen LogP contribution in [0.2, 0.25) is 0 Å². The summed E-state index contributed by atoms with van der Waals surface area (Å²) in [5, 5.41) is 0. The quantitative estimate of drug-likeness (QED) is 0.536. The molecule has 0 fully saturated rings. The fourth-order valence-electron chi connectivity index (χ4n) is 2.37. The lowest BCUT2D eigenvalue weighted by molar-refractivity contribution is 1.54. The predicted octanol–water partition coefficient (Wildman–Crippen LogP) is 4.45. The van der Waals surface area contributed by atoms with Gasteiger partial charge in [0, 0.05) is 33.4 Å². The minimum Gasteiger partial charge on any atom is -0.115 e. The zero-order valence-electron chi connectivity index (χ0n) is 14.1. The van der Waals surface area contributed by atoms with Crippen LogP contribution in [0, 0.1) is 48.4 Å². The summed E-state index contributed by atoms with van der Waals surface area (Å²) in [7, 11) is 0. The molecular formula is C26H14. The maximum absolute atomic E-state index is 5.65. The van der Waals surface area contributed by atoms with Crippen molar-refractivity contribution >= 4 is 0 Å². The monoisotopic (exact) mass is 326 g/mol. The number of benzene rings is 3. The normalized spacial score (nSPS) is 8.85. The summed E-state index contributed by atoms with van der Waals surface area (Å²) in [5.41, 5.74) is 4.90. The van der Waals surface area contributed by atoms with Crippen LogP contribution in [0.5, 0.6) is 0 Å². The van der Waals surface area contributed by atoms with E-state index in [-0.39, 0.29) is 0 Å². The van der Waals surface area contributed by atoms with E-state index in [1.165, 1.54) is 0 Å². The molecule has 0 aliphatic carbocycles. The van der Waals surface area contributed by atoms with Crippen LogP contribution in [-0.2, 0) is 0 Å². The van der Waals surface area contributed by atoms with E-state index < -0.39 is 0 Å². The average Bonchev–Trinajstić information content (AvgIpc) is 2.72. The largest absolute Gasteiger partial charge is 0.115 e. The van der Waals surface area contributed by atoms with Crippen LogP contribution in [0.4, 0.5) is 0 Å². The smallest absolute Gasteiger partial charge is 0.0411 e. The summed E-state index contributed by atoms with van der Waals surface area (Å²) in [6.07, 6.45) is 11.2. The van der Waals surface area contributed by atoms with Crippen molar-refractivity contribution in [3.05, 3.63) is 106 Å². The van der Waals surface area contributed by atoms with Crippen LogP contribution in [0.15, 0.2) is 72.8 Å². The third-order valence-electron chi connectivity index (χ3n) is 3.71. The van der Waals surface area contributed by atoms with Gasteiger partial charge in [0.05, 0.1) is 0 Å². The Morgan fingerprint density at radius 3 is 1.73 bits per heavy atom. The lowest BCUT2D eigenvalue weighted by Gasteiger charge is -1.99. The molecule has 26 heavy (non-hydrogen) atoms. The van der Waals surface area contributed by atoms with Crippen LogP contribution in [0.3, 0.4) is 0 Å². The molecule has 0 N–H and O–H groups in total. The van der Waals surface area contributed by atoms with Crippen LogP contribution in [0.25, 0.3) is 0 Å². The van der Waals surface area contributed by atoms with Crippen LogP contribution < -0.4 is 0 Å². The highest BCUT2D eigenvalue weighted by atomic mass is 14.0. The molecule has 0 bridgehead atoms. The molecule has 0 spiro atoms. The molecule has 0 heteroatoms. The molecular weight excluding hydrogens is 312 g/mol. The van der Waals surface area contributed by atoms with Gasteiger partial charge in [-0.1, -0.05) is 65.9 Å². The van der Waals surface area contributed by atoms with Gasteiger partial charge in [0.25, 0.3) is 0 Å². The molecule has 3 rings (SSSR count). The van der Waals surface area contributed by atoms with Gasteiger partial charge in [0.15, 0.2) is 0 Å². The van der Waals surface area contributed by atoms with Gasteiger partial charge in [-0.25, -0.2) is 0 Å². The van der Waals surface area contributed by atoms with Gasteiger partial charge in [0.1, 0.15) is 0 Å². The molecule has 0 radical (unpaired) electrons. The van der Waals surface area contributed by atoms with Crippen molar-refractivity contribution in [3.8, 4) is 48.4 Å². The van der Waals surface area contributed by atoms with E-state index in [0.717, 1.165) is 33.4 Å². The summed E-state index contributed by atoms with van der Waals surface area (Å²) in [5.74, 6) is 17.8. The Morgan fingerprint density at radius 1 is 0.462 bits per heavy atom. The zero-order valence-corrected chi connectivity index (χ0v) is 14.1. The topological polar surface area (TPSA) is 0 Å². The molecule has 0 saturated heterocycles. The lowest BCUT2D eigenvalue weighted by atomic mass is 10.0. The van der Waals surface area contributed by atoms with Crippen LogP contribution in [0.1, 0.15) is 33.4 Å². The molecule has 3 aromatic rings. The standard InChI is InChI=1S/C26H14/c1-3-23-12-8-9-13-25(23)18-19-26-17-16-22(20-24(26)4-2)15-14-21-10-6-5-7-11-21/h1-2,5-13,16-17,20H. The summed E-state index contributed by atoms with van der Waals surface area (Å²) in [4.78, 5) is 0. The highest BCUT2D eigenvalue weighted by molar-refractivity contribution is 5.58. The van der Waals surface area contributed by atoms with Gasteiger partial charge < -0.3 is 0 Å². The first-order chi connectivity index (χ1) is 12.8. The maximum atomic E-state index is 5.65. The summed E-state index contributed by atoms with van der Waals surface area (Å²) in [6.45, 7) is 0. The molecule has 0 nitrogen and oxygen atoms in total. The van der Waals surface area contributed by atoms with E-state index in [4.69, 9.17) is 12.8 Å². The lowest BCUT2D eigenvalue weighted by Crippen LogP contribution is -1.87. The van der Waals surface area contributed by atoms with Crippen molar-refractivity contribution in [2.45, 2.75) is 0 Å². The molecule has 0 aliphatic heterocycles. The van der Waals surface area contributed by atoms with Gasteiger partial charge in [-0.15, -0.1) is 12.8 Å². The molecule has 0 unspecified atom stereocenters. The maximum Gasteiger partial charge on any atom is 0.0411 e. The highest BCUT2D eigenvalue weighted by Crippen LogP contribution is 2.11. The first-order valence-corrected chi connectivity index (χ1v) is 8.05. The van der Waals surface area contributed by atoms with Crippen molar-refractivity contribution in [2.75, 3.05) is 0 Å². The predicted molar refractivity (Wildman–Crippen MR) is 107 cm³/mol. The van der Waals surface area contributed by atoms with Crippen LogP contribution >= 0.6 is 0 Å². The van der Waals surface area contributed by atoms with E-state index in [0.29, 0.717) is 0 Å². The van der Waals surface area contributed by atoms with Crippen LogP contribution in [-0.4, -0.2) is 0 Å². The van der Waals surface area contributed by atoms with Crippen molar-refractivity contribution < 1.29 is 0 Å². The number of rotatable bonds is 0. The molecule has 0 aromatic heterocycles. The molecule has 118 valence electrons. The van der Waals surface area contributed by atoms with E-state index in [2.05, 4.69) is 35.5 Å². The third kappa shape index (κ3) is 4.05. The Labute approximate surface area is 154 Å². The van der Waals surface area contributed by atoms with E-state index >= 15 is 0 Å². The van der Waals surface area contributed by atoms with Crippen molar-refractivity contribution in [2.24, 2.45) is 0 Å². The van der Waals surface area contributed by atoms with E-state index in [9.17, 15) is 0 Å². The van der Waals surface area contributed by atoms with Gasteiger partial charge in [0.2, 0.25) is 0 Å². The Balaban J connectivity index is 1.92. The summed E-state index contributed by atoms with van der Waals surface area (Å²) >= 11 is 0. The Bertz CT molecular complexity index is 1140. The Morgan fingerprint density at radius 2 is 1.04 bits per heavy atom. The van der Waals surface area contributed by atoms with Gasteiger partial charge in [-0.05, 0) is 42.5 Å². The highest BCUT2D eigenvalue weighted by Gasteiger charge is 1.99. The van der Waals surface area contributed by atoms with E-state index in [1.807, 2.05) is 72.8 Å². The minimum absolute atomic E-state index is 0.718. The molecule has 3 aromatic carbocycles. The second-order valence-electron chi connectivity index (χ2n) is 5.46. The third-order valence-corrected chi connectivity index (χ3v) is 3.71. The van der Waals surface area contributed by atoms with Gasteiger partial charge in [-0.2, -0.15) is 0 Å². The first kappa shape index (κ1) is 16.7. The van der Waals surface area contributed by atoms with Crippen molar-refractivity contribution in [3.63, 3.8) is 0 Å². The molecule has 0 atom stereocenters. The first-order valence-electron chi connectivity index (χ1n) is 8.05. The van der Waals surface area contributed by atoms with Gasteiger partial charge in [-0.3, -0.25) is 0 Å². The van der Waals surface area contributed by atoms with E-state index in [1.54, 1.807) is 0 Å². The minimum atomic E-state index is 0.718. The fourth-order valence-corrected chi connectivity index (χ4v) is 2.37. The zero-order chi connectivity index (χ0) is 18.2. The molecule has 0 heterocycles. The average molecular weight is 326 g/mol. The SMILES string of the molecule is C#Cc1ccccc1C#Cc1ccc(C#Cc2ccccc2)cc1C#C. The Hall–Kier alpha value is -4.10.